The fourth-order valence-corrected chi connectivity index (χ4v) is 1.94. The van der Waals surface area contributed by atoms with Crippen molar-refractivity contribution in [3.8, 4) is 5.75 Å². The summed E-state index contributed by atoms with van der Waals surface area (Å²) in [5.74, 6) is 0.625. The lowest BCUT2D eigenvalue weighted by atomic mass is 10.1. The molecule has 0 fully saturated rings. The molecule has 0 saturated heterocycles. The molecule has 6 heteroatoms. The van der Waals surface area contributed by atoms with E-state index >= 15 is 0 Å². The lowest BCUT2D eigenvalue weighted by Gasteiger charge is -2.09. The third-order valence-corrected chi connectivity index (χ3v) is 2.97. The highest BCUT2D eigenvalue weighted by molar-refractivity contribution is 9.10. The Labute approximate surface area is 118 Å². The molecule has 0 radical (unpaired) electrons. The quantitative estimate of drug-likeness (QED) is 0.847. The number of carbonyl (C=O) groups excluding carboxylic acids is 1. The van der Waals surface area contributed by atoms with E-state index in [-0.39, 0.29) is 11.7 Å². The number of amides is 1. The van der Waals surface area contributed by atoms with Gasteiger partial charge >= 0.3 is 0 Å². The first-order valence-electron chi connectivity index (χ1n) is 5.56. The third-order valence-electron chi connectivity index (χ3n) is 2.54. The maximum Gasteiger partial charge on any atom is 0.287 e. The normalized spacial score (nSPS) is 10.2. The highest BCUT2D eigenvalue weighted by atomic mass is 79.9. The first-order chi connectivity index (χ1) is 9.10. The van der Waals surface area contributed by atoms with Crippen molar-refractivity contribution in [1.29, 1.82) is 0 Å². The van der Waals surface area contributed by atoms with Crippen molar-refractivity contribution in [3.05, 3.63) is 46.3 Å². The summed E-state index contributed by atoms with van der Waals surface area (Å²) in [6.07, 6.45) is 0. The molecular weight excluding hydrogens is 312 g/mol. The molecule has 0 saturated carbocycles. The van der Waals surface area contributed by atoms with Gasteiger partial charge in [0.2, 0.25) is 0 Å². The minimum atomic E-state index is -0.296. The van der Waals surface area contributed by atoms with E-state index in [2.05, 4.69) is 21.2 Å². The Balaban J connectivity index is 2.06. The molecule has 0 bridgehead atoms. The number of hydrogen-bond donors (Lipinski definition) is 2. The van der Waals surface area contributed by atoms with E-state index in [0.717, 1.165) is 5.56 Å². The number of furan rings is 1. The Morgan fingerprint density at radius 1 is 1.42 bits per heavy atom. The topological polar surface area (TPSA) is 77.5 Å². The Morgan fingerprint density at radius 2 is 2.21 bits per heavy atom. The number of benzene rings is 1. The highest BCUT2D eigenvalue weighted by Crippen LogP contribution is 2.21. The molecule has 1 aromatic heterocycles. The largest absolute Gasteiger partial charge is 0.496 e. The first-order valence-corrected chi connectivity index (χ1v) is 6.35. The molecule has 1 heterocycles. The van der Waals surface area contributed by atoms with E-state index in [1.54, 1.807) is 37.4 Å². The van der Waals surface area contributed by atoms with Crippen LogP contribution >= 0.6 is 15.9 Å². The third kappa shape index (κ3) is 3.29. The summed E-state index contributed by atoms with van der Waals surface area (Å²) in [5.41, 5.74) is 7.13. The summed E-state index contributed by atoms with van der Waals surface area (Å²) in [7, 11) is 1.57. The van der Waals surface area contributed by atoms with Gasteiger partial charge in [0.25, 0.3) is 5.91 Å². The average Bonchev–Trinajstić information content (AvgIpc) is 2.83. The molecule has 1 amide bonds. The van der Waals surface area contributed by atoms with Gasteiger partial charge in [0, 0.05) is 17.8 Å². The second-order valence-electron chi connectivity index (χ2n) is 3.86. The smallest absolute Gasteiger partial charge is 0.287 e. The van der Waals surface area contributed by atoms with E-state index in [1.165, 1.54) is 0 Å². The van der Waals surface area contributed by atoms with Crippen molar-refractivity contribution in [2.75, 3.05) is 12.8 Å². The van der Waals surface area contributed by atoms with Gasteiger partial charge in [0.05, 0.1) is 7.11 Å². The SMILES string of the molecule is COc1ccc(N)cc1CNC(=O)c1ccc(Br)o1. The van der Waals surface area contributed by atoms with Gasteiger partial charge in [-0.1, -0.05) is 0 Å². The predicted molar refractivity (Wildman–Crippen MR) is 75.0 cm³/mol. The number of carbonyl (C=O) groups is 1. The first kappa shape index (κ1) is 13.5. The van der Waals surface area contributed by atoms with Crippen LogP contribution in [0.15, 0.2) is 39.4 Å². The number of ether oxygens (including phenoxy) is 1. The molecule has 0 aliphatic heterocycles. The van der Waals surface area contributed by atoms with E-state index in [4.69, 9.17) is 14.9 Å². The van der Waals surface area contributed by atoms with Crippen LogP contribution in [0.4, 0.5) is 5.69 Å². The van der Waals surface area contributed by atoms with Crippen LogP contribution < -0.4 is 15.8 Å². The Morgan fingerprint density at radius 3 is 2.84 bits per heavy atom. The summed E-state index contributed by atoms with van der Waals surface area (Å²) in [4.78, 5) is 11.8. The van der Waals surface area contributed by atoms with Crippen LogP contribution in [0, 0.1) is 0 Å². The molecule has 2 aromatic rings. The van der Waals surface area contributed by atoms with Crippen molar-refractivity contribution in [3.63, 3.8) is 0 Å². The molecule has 0 spiro atoms. The molecule has 19 heavy (non-hydrogen) atoms. The number of nitrogens with two attached hydrogens (primary N) is 1. The van der Waals surface area contributed by atoms with Crippen molar-refractivity contribution < 1.29 is 13.9 Å². The summed E-state index contributed by atoms with van der Waals surface area (Å²) in [6.45, 7) is 0.311. The van der Waals surface area contributed by atoms with Crippen LogP contribution in [0.25, 0.3) is 0 Å². The van der Waals surface area contributed by atoms with E-state index in [1.807, 2.05) is 0 Å². The van der Waals surface area contributed by atoms with Crippen LogP contribution in [0.2, 0.25) is 0 Å². The summed E-state index contributed by atoms with van der Waals surface area (Å²) in [5, 5.41) is 2.74. The van der Waals surface area contributed by atoms with Crippen LogP contribution in [-0.2, 0) is 6.54 Å². The molecule has 0 aliphatic carbocycles. The second-order valence-corrected chi connectivity index (χ2v) is 4.64. The van der Waals surface area contributed by atoms with Crippen LogP contribution in [0.5, 0.6) is 5.75 Å². The fraction of sp³-hybridized carbons (Fsp3) is 0.154. The van der Waals surface area contributed by atoms with Crippen LogP contribution in [0.1, 0.15) is 16.1 Å². The number of nitrogens with one attached hydrogen (secondary N) is 1. The molecule has 100 valence electrons. The van der Waals surface area contributed by atoms with Crippen LogP contribution in [0.3, 0.4) is 0 Å². The number of halogens is 1. The summed E-state index contributed by atoms with van der Waals surface area (Å²) in [6, 6.07) is 8.53. The molecule has 2 rings (SSSR count). The molecule has 0 atom stereocenters. The lowest BCUT2D eigenvalue weighted by Crippen LogP contribution is -2.22. The maximum absolute atomic E-state index is 11.8. The minimum absolute atomic E-state index is 0.245. The molecule has 5 nitrogen and oxygen atoms in total. The number of hydrogen-bond acceptors (Lipinski definition) is 4. The van der Waals surface area contributed by atoms with E-state index < -0.39 is 0 Å². The van der Waals surface area contributed by atoms with Crippen molar-refractivity contribution in [2.24, 2.45) is 0 Å². The minimum Gasteiger partial charge on any atom is -0.496 e. The molecular formula is C13H13BrN2O3. The van der Waals surface area contributed by atoms with Gasteiger partial charge in [-0.3, -0.25) is 4.79 Å². The fourth-order valence-electron chi connectivity index (χ4n) is 1.64. The van der Waals surface area contributed by atoms with Crippen LogP contribution in [-0.4, -0.2) is 13.0 Å². The summed E-state index contributed by atoms with van der Waals surface area (Å²) < 4.78 is 10.9. The van der Waals surface area contributed by atoms with E-state index in [0.29, 0.717) is 22.7 Å². The van der Waals surface area contributed by atoms with Gasteiger partial charge in [0.1, 0.15) is 5.75 Å². The number of methoxy groups -OCH3 is 1. The Bertz CT molecular complexity index is 595. The zero-order chi connectivity index (χ0) is 13.8. The zero-order valence-corrected chi connectivity index (χ0v) is 11.9. The second kappa shape index (κ2) is 5.79. The molecule has 3 N–H and O–H groups in total. The van der Waals surface area contributed by atoms with Gasteiger partial charge in [-0.2, -0.15) is 0 Å². The lowest BCUT2D eigenvalue weighted by molar-refractivity contribution is 0.0921. The van der Waals surface area contributed by atoms with Gasteiger partial charge in [-0.05, 0) is 46.3 Å². The predicted octanol–water partition coefficient (Wildman–Crippen LogP) is 2.56. The molecule has 0 aliphatic rings. The summed E-state index contributed by atoms with van der Waals surface area (Å²) >= 11 is 3.15. The number of anilines is 1. The Kier molecular flexibility index (Phi) is 4.11. The van der Waals surface area contributed by atoms with Crippen molar-refractivity contribution in [1.82, 2.24) is 5.32 Å². The zero-order valence-electron chi connectivity index (χ0n) is 10.3. The number of rotatable bonds is 4. The average molecular weight is 325 g/mol. The van der Waals surface area contributed by atoms with Gasteiger partial charge in [-0.25, -0.2) is 0 Å². The standard InChI is InChI=1S/C13H13BrN2O3/c1-18-10-3-2-9(15)6-8(10)7-16-13(17)11-4-5-12(14)19-11/h2-6H,7,15H2,1H3,(H,16,17). The van der Waals surface area contributed by atoms with Gasteiger partial charge in [-0.15, -0.1) is 0 Å². The van der Waals surface area contributed by atoms with E-state index in [9.17, 15) is 4.79 Å². The Hall–Kier alpha value is -1.95. The monoisotopic (exact) mass is 324 g/mol. The van der Waals surface area contributed by atoms with Crippen molar-refractivity contribution >= 4 is 27.5 Å². The molecule has 0 unspecified atom stereocenters. The van der Waals surface area contributed by atoms with Gasteiger partial charge < -0.3 is 20.2 Å². The van der Waals surface area contributed by atoms with Crippen molar-refractivity contribution in [2.45, 2.75) is 6.54 Å². The molecule has 1 aromatic carbocycles. The highest BCUT2D eigenvalue weighted by Gasteiger charge is 2.11. The van der Waals surface area contributed by atoms with Gasteiger partial charge in [0.15, 0.2) is 10.4 Å². The maximum atomic E-state index is 11.8. The number of nitrogen functional groups attached to an aromatic ring is 1.